The third kappa shape index (κ3) is 46.9. The van der Waals surface area contributed by atoms with Crippen LogP contribution in [-0.2, 0) is 0 Å². The first kappa shape index (κ1) is 61.2. The number of hydrogen-bond acceptors (Lipinski definition) is 1. The van der Waals surface area contributed by atoms with Crippen LogP contribution in [0.25, 0.3) is 0 Å². The molecule has 0 bridgehead atoms. The molecule has 0 fully saturated rings. The molecule has 0 aliphatic heterocycles. The molecule has 0 unspecified atom stereocenters. The van der Waals surface area contributed by atoms with E-state index in [0.29, 0.717) is 0 Å². The molecule has 2 nitrogen and oxygen atoms in total. The molecule has 0 heterocycles. The Labute approximate surface area is 357 Å². The lowest BCUT2D eigenvalue weighted by atomic mass is 9.82. The Kier molecular flexibility index (Phi) is 56.2. The first-order valence-electron chi connectivity index (χ1n) is 25.0. The van der Waals surface area contributed by atoms with Gasteiger partial charge in [-0.2, -0.15) is 0 Å². The van der Waals surface area contributed by atoms with Crippen LogP contribution >= 0.6 is 12.4 Å². The molecule has 0 saturated carbocycles. The van der Waals surface area contributed by atoms with E-state index >= 15 is 0 Å². The molecule has 0 amide bonds. The van der Waals surface area contributed by atoms with E-state index in [1.165, 1.54) is 275 Å². The van der Waals surface area contributed by atoms with Crippen LogP contribution in [0, 0.1) is 0 Å². The summed E-state index contributed by atoms with van der Waals surface area (Å²) in [5, 5.41) is 0. The molecule has 0 aliphatic rings. The minimum absolute atomic E-state index is 0. The van der Waals surface area contributed by atoms with Crippen LogP contribution in [0.4, 0.5) is 0 Å². The number of quaternary nitrogens is 1. The van der Waals surface area contributed by atoms with Gasteiger partial charge in [0, 0.05) is 5.54 Å². The van der Waals surface area contributed by atoms with Crippen molar-refractivity contribution in [1.29, 1.82) is 0 Å². The third-order valence-electron chi connectivity index (χ3n) is 12.2. The molecule has 4 heteroatoms. The van der Waals surface area contributed by atoms with E-state index in [1.54, 1.807) is 0 Å². The molecule has 0 aromatic rings. The maximum absolute atomic E-state index is 6.92. The van der Waals surface area contributed by atoms with E-state index in [1.807, 2.05) is 0 Å². The fraction of sp³-hybridized carbons (Fsp3) is 1.00. The van der Waals surface area contributed by atoms with Crippen molar-refractivity contribution < 1.29 is 16.9 Å². The highest BCUT2D eigenvalue weighted by atomic mass is 35.5. The average Bonchev–Trinajstić information content (AvgIpc) is 3.14. The van der Waals surface area contributed by atoms with Crippen LogP contribution in [0.1, 0.15) is 292 Å². The van der Waals surface area contributed by atoms with Gasteiger partial charge in [0.05, 0.1) is 26.7 Å². The van der Waals surface area contributed by atoms with Gasteiger partial charge in [-0.05, 0) is 57.8 Å². The normalized spacial score (nSPS) is 11.6. The molecule has 0 rings (SSSR count). The predicted octanol–water partition coefficient (Wildman–Crippen LogP) is 14.9. The van der Waals surface area contributed by atoms with Crippen molar-refractivity contribution in [3.8, 4) is 0 Å². The zero-order valence-corrected chi connectivity index (χ0v) is 40.6. The highest BCUT2D eigenvalue weighted by molar-refractivity contribution is 5.85. The molecule has 0 radical (unpaired) electrons. The fourth-order valence-corrected chi connectivity index (χ4v) is 8.30. The van der Waals surface area contributed by atoms with E-state index in [0.717, 1.165) is 0 Å². The quantitative estimate of drug-likeness (QED) is 0.0482. The minimum Gasteiger partial charge on any atom is -1.00 e. The van der Waals surface area contributed by atoms with Crippen molar-refractivity contribution in [3.05, 3.63) is 0 Å². The van der Waals surface area contributed by atoms with Crippen molar-refractivity contribution in [2.24, 2.45) is 5.73 Å². The Hall–Kier alpha value is 0.500. The van der Waals surface area contributed by atoms with Gasteiger partial charge in [0.1, 0.15) is 0 Å². The van der Waals surface area contributed by atoms with Gasteiger partial charge in [0.2, 0.25) is 0 Å². The number of hydrogen-bond donors (Lipinski definition) is 1. The highest BCUT2D eigenvalue weighted by Gasteiger charge is 2.23. The standard InChI is InChI=1S/C25H54N.C25H53N.2ClH/c1-5-8-11-14-17-20-23-26(4,24-21-18-15-12-9-6-2)25-22-19-16-13-10-7-3;1-4-7-10-13-16-19-22-25(26,23-20-17-14-11-8-5-2)24-21-18-15-12-9-6-3;;/h5-25H2,1-4H3;4-24,26H2,1-3H3;2*1H/q+1;;;/p-1. The third-order valence-corrected chi connectivity index (χ3v) is 12.2. The molecule has 332 valence electrons. The van der Waals surface area contributed by atoms with Gasteiger partial charge in [-0.15, -0.1) is 12.4 Å². The van der Waals surface area contributed by atoms with Crippen LogP contribution in [0.2, 0.25) is 0 Å². The van der Waals surface area contributed by atoms with E-state index < -0.39 is 0 Å². The molecule has 0 aromatic carbocycles. The van der Waals surface area contributed by atoms with E-state index in [-0.39, 0.29) is 30.4 Å². The van der Waals surface area contributed by atoms with Crippen molar-refractivity contribution in [2.45, 2.75) is 297 Å². The van der Waals surface area contributed by atoms with Gasteiger partial charge in [-0.3, -0.25) is 0 Å². The summed E-state index contributed by atoms with van der Waals surface area (Å²) in [6.07, 6.45) is 54.7. The Morgan fingerprint density at radius 3 is 0.667 bits per heavy atom. The van der Waals surface area contributed by atoms with E-state index in [4.69, 9.17) is 5.73 Å². The fourth-order valence-electron chi connectivity index (χ4n) is 8.30. The van der Waals surface area contributed by atoms with Crippen molar-refractivity contribution in [2.75, 3.05) is 26.7 Å². The second-order valence-corrected chi connectivity index (χ2v) is 18.0. The minimum atomic E-state index is 0. The van der Waals surface area contributed by atoms with Crippen LogP contribution in [-0.4, -0.2) is 36.7 Å². The molecule has 0 atom stereocenters. The lowest BCUT2D eigenvalue weighted by Crippen LogP contribution is -3.00. The summed E-state index contributed by atoms with van der Waals surface area (Å²) >= 11 is 0. The highest BCUT2D eigenvalue weighted by Crippen LogP contribution is 2.27. The SMILES string of the molecule is CCCCCCCCC(N)(CCCCCCCC)CCCCCCCC.CCCCCCCC[N+](C)(CCCCCCCC)CCCCCCCC.Cl.[Cl-]. The molecule has 2 N–H and O–H groups in total. The van der Waals surface area contributed by atoms with Crippen LogP contribution in [0.3, 0.4) is 0 Å². The van der Waals surface area contributed by atoms with E-state index in [9.17, 15) is 0 Å². The smallest absolute Gasteiger partial charge is 0.0784 e. The summed E-state index contributed by atoms with van der Waals surface area (Å²) < 4.78 is 1.36. The molecule has 0 saturated heterocycles. The maximum Gasteiger partial charge on any atom is 0.0784 e. The molecular weight excluding hydrogens is 699 g/mol. The van der Waals surface area contributed by atoms with Gasteiger partial charge >= 0.3 is 0 Å². The predicted molar refractivity (Wildman–Crippen MR) is 249 cm³/mol. The monoisotopic (exact) mass is 807 g/mol. The molecular formula is C50H108Cl2N2. The molecule has 54 heavy (non-hydrogen) atoms. The lowest BCUT2D eigenvalue weighted by molar-refractivity contribution is -0.910. The Balaban J connectivity index is -0.000000446. The Morgan fingerprint density at radius 1 is 0.296 bits per heavy atom. The Bertz CT molecular complexity index is 507. The summed E-state index contributed by atoms with van der Waals surface area (Å²) in [7, 11) is 2.56. The van der Waals surface area contributed by atoms with Gasteiger partial charge in [-0.1, -0.05) is 234 Å². The van der Waals surface area contributed by atoms with Crippen molar-refractivity contribution >= 4 is 12.4 Å². The van der Waals surface area contributed by atoms with Crippen molar-refractivity contribution in [3.63, 3.8) is 0 Å². The molecule has 0 aromatic heterocycles. The summed E-state index contributed by atoms with van der Waals surface area (Å²) in [5.74, 6) is 0. The number of nitrogens with zero attached hydrogens (tertiary/aromatic N) is 1. The second kappa shape index (κ2) is 49.6. The first-order valence-corrected chi connectivity index (χ1v) is 25.0. The molecule has 0 aliphatic carbocycles. The second-order valence-electron chi connectivity index (χ2n) is 18.0. The van der Waals surface area contributed by atoms with Crippen LogP contribution < -0.4 is 18.1 Å². The first-order chi connectivity index (χ1) is 25.4. The number of nitrogens with two attached hydrogens (primary N) is 1. The van der Waals surface area contributed by atoms with Gasteiger partial charge < -0.3 is 22.6 Å². The van der Waals surface area contributed by atoms with Gasteiger partial charge in [0.15, 0.2) is 0 Å². The van der Waals surface area contributed by atoms with Crippen molar-refractivity contribution in [1.82, 2.24) is 0 Å². The van der Waals surface area contributed by atoms with Crippen LogP contribution in [0.15, 0.2) is 0 Å². The maximum atomic E-state index is 6.92. The van der Waals surface area contributed by atoms with Crippen LogP contribution in [0.5, 0.6) is 0 Å². The number of halogens is 2. The largest absolute Gasteiger partial charge is 1.00 e. The topological polar surface area (TPSA) is 26.0 Å². The summed E-state index contributed by atoms with van der Waals surface area (Å²) in [5.41, 5.74) is 7.06. The molecule has 0 spiro atoms. The number of rotatable bonds is 42. The van der Waals surface area contributed by atoms with Gasteiger partial charge in [-0.25, -0.2) is 0 Å². The zero-order chi connectivity index (χ0) is 38.7. The van der Waals surface area contributed by atoms with E-state index in [2.05, 4.69) is 48.6 Å². The summed E-state index contributed by atoms with van der Waals surface area (Å²) in [6.45, 7) is 18.1. The lowest BCUT2D eigenvalue weighted by Gasteiger charge is -2.35. The van der Waals surface area contributed by atoms with Gasteiger partial charge in [0.25, 0.3) is 0 Å². The Morgan fingerprint density at radius 2 is 0.463 bits per heavy atom. The number of unbranched alkanes of at least 4 members (excludes halogenated alkanes) is 30. The average molecular weight is 808 g/mol. The zero-order valence-electron chi connectivity index (χ0n) is 39.0. The summed E-state index contributed by atoms with van der Waals surface area (Å²) in [4.78, 5) is 0. The summed E-state index contributed by atoms with van der Waals surface area (Å²) in [6, 6.07) is 0.